The van der Waals surface area contributed by atoms with Crippen molar-refractivity contribution in [3.05, 3.63) is 48.0 Å². The molecule has 0 bridgehead atoms. The largest absolute Gasteiger partial charge is 0.486 e. The predicted octanol–water partition coefficient (Wildman–Crippen LogP) is 2.34. The number of hydrogen-bond acceptors (Lipinski definition) is 5. The third-order valence-electron chi connectivity index (χ3n) is 3.73. The third kappa shape index (κ3) is 2.55. The topological polar surface area (TPSA) is 49.0 Å². The standard InChI is InChI=1S/C17H17NO4/c1-2-6-15-14(5-1)19-10-13(22-15)9-18-8-12-4-3-7-16-17(12)21-11-20-16/h1-7,13,18H,8-11H2. The maximum Gasteiger partial charge on any atom is 0.231 e. The number of rotatable bonds is 4. The molecular weight excluding hydrogens is 282 g/mol. The van der Waals surface area contributed by atoms with Crippen LogP contribution in [0.2, 0.25) is 0 Å². The molecule has 0 amide bonds. The second-order valence-corrected chi connectivity index (χ2v) is 5.28. The molecule has 0 fully saturated rings. The Bertz CT molecular complexity index is 673. The molecule has 0 saturated carbocycles. The van der Waals surface area contributed by atoms with Gasteiger partial charge in [-0.25, -0.2) is 0 Å². The van der Waals surface area contributed by atoms with Crippen molar-refractivity contribution in [2.45, 2.75) is 12.6 Å². The van der Waals surface area contributed by atoms with Crippen LogP contribution in [0, 0.1) is 0 Å². The van der Waals surface area contributed by atoms with Crippen LogP contribution in [0.1, 0.15) is 5.56 Å². The maximum atomic E-state index is 5.92. The van der Waals surface area contributed by atoms with E-state index in [1.165, 1.54) is 0 Å². The first kappa shape index (κ1) is 13.3. The zero-order valence-corrected chi connectivity index (χ0v) is 12.1. The van der Waals surface area contributed by atoms with Crippen LogP contribution in [0.5, 0.6) is 23.0 Å². The average molecular weight is 299 g/mol. The molecule has 2 aromatic rings. The fourth-order valence-electron chi connectivity index (χ4n) is 2.66. The minimum Gasteiger partial charge on any atom is -0.486 e. The number of para-hydroxylation sites is 3. The monoisotopic (exact) mass is 299 g/mol. The molecule has 0 saturated heterocycles. The Kier molecular flexibility index (Phi) is 3.48. The molecule has 1 unspecified atom stereocenters. The molecular formula is C17H17NO4. The van der Waals surface area contributed by atoms with Crippen molar-refractivity contribution in [3.63, 3.8) is 0 Å². The second kappa shape index (κ2) is 5.77. The summed E-state index contributed by atoms with van der Waals surface area (Å²) in [6.07, 6.45) is 0.00355. The maximum absolute atomic E-state index is 5.92. The summed E-state index contributed by atoms with van der Waals surface area (Å²) in [6.45, 7) is 2.26. The Morgan fingerprint density at radius 1 is 0.909 bits per heavy atom. The molecule has 0 radical (unpaired) electrons. The number of hydrogen-bond donors (Lipinski definition) is 1. The summed E-state index contributed by atoms with van der Waals surface area (Å²) in [7, 11) is 0. The molecule has 5 nitrogen and oxygen atoms in total. The Labute approximate surface area is 128 Å². The van der Waals surface area contributed by atoms with Crippen LogP contribution in [-0.2, 0) is 6.54 Å². The highest BCUT2D eigenvalue weighted by atomic mass is 16.7. The number of fused-ring (bicyclic) bond motifs is 2. The van der Waals surface area contributed by atoms with E-state index in [4.69, 9.17) is 18.9 Å². The normalized spacial score (nSPS) is 18.3. The minimum atomic E-state index is 0.00355. The van der Waals surface area contributed by atoms with Gasteiger partial charge in [0.15, 0.2) is 23.0 Å². The molecule has 2 aromatic carbocycles. The van der Waals surface area contributed by atoms with Gasteiger partial charge in [-0.2, -0.15) is 0 Å². The van der Waals surface area contributed by atoms with Crippen molar-refractivity contribution in [1.82, 2.24) is 5.32 Å². The van der Waals surface area contributed by atoms with Gasteiger partial charge in [0.2, 0.25) is 6.79 Å². The van der Waals surface area contributed by atoms with Gasteiger partial charge >= 0.3 is 0 Å². The van der Waals surface area contributed by atoms with Gasteiger partial charge in [0.25, 0.3) is 0 Å². The molecule has 0 aliphatic carbocycles. The molecule has 5 heteroatoms. The van der Waals surface area contributed by atoms with Gasteiger partial charge in [0, 0.05) is 18.7 Å². The molecule has 22 heavy (non-hydrogen) atoms. The summed E-state index contributed by atoms with van der Waals surface area (Å²) in [5, 5.41) is 3.39. The van der Waals surface area contributed by atoms with Gasteiger partial charge in [0.1, 0.15) is 12.7 Å². The molecule has 2 aliphatic heterocycles. The molecule has 2 heterocycles. The average Bonchev–Trinajstić information content (AvgIpc) is 3.04. The van der Waals surface area contributed by atoms with Crippen LogP contribution in [0.4, 0.5) is 0 Å². The fraction of sp³-hybridized carbons (Fsp3) is 0.294. The van der Waals surface area contributed by atoms with E-state index in [0.717, 1.165) is 28.6 Å². The summed E-state index contributed by atoms with van der Waals surface area (Å²) in [4.78, 5) is 0. The smallest absolute Gasteiger partial charge is 0.231 e. The van der Waals surface area contributed by atoms with Gasteiger partial charge in [0.05, 0.1) is 0 Å². The van der Waals surface area contributed by atoms with Gasteiger partial charge < -0.3 is 24.3 Å². The van der Waals surface area contributed by atoms with Crippen LogP contribution >= 0.6 is 0 Å². The highest BCUT2D eigenvalue weighted by molar-refractivity contribution is 5.48. The van der Waals surface area contributed by atoms with Crippen LogP contribution in [0.25, 0.3) is 0 Å². The fourth-order valence-corrected chi connectivity index (χ4v) is 2.66. The lowest BCUT2D eigenvalue weighted by Crippen LogP contribution is -2.38. The van der Waals surface area contributed by atoms with Crippen LogP contribution in [0.15, 0.2) is 42.5 Å². The van der Waals surface area contributed by atoms with Gasteiger partial charge in [-0.1, -0.05) is 24.3 Å². The number of benzene rings is 2. The second-order valence-electron chi connectivity index (χ2n) is 5.28. The van der Waals surface area contributed by atoms with E-state index in [1.54, 1.807) is 0 Å². The van der Waals surface area contributed by atoms with E-state index < -0.39 is 0 Å². The van der Waals surface area contributed by atoms with Crippen molar-refractivity contribution >= 4 is 0 Å². The summed E-state index contributed by atoms with van der Waals surface area (Å²) < 4.78 is 22.5. The first-order chi connectivity index (χ1) is 10.9. The van der Waals surface area contributed by atoms with Gasteiger partial charge in [-0.05, 0) is 18.2 Å². The Morgan fingerprint density at radius 3 is 2.73 bits per heavy atom. The van der Waals surface area contributed by atoms with E-state index in [-0.39, 0.29) is 6.10 Å². The molecule has 2 aliphatic rings. The summed E-state index contributed by atoms with van der Waals surface area (Å²) in [6, 6.07) is 13.7. The first-order valence-electron chi connectivity index (χ1n) is 7.37. The Morgan fingerprint density at radius 2 is 1.77 bits per heavy atom. The van der Waals surface area contributed by atoms with Crippen LogP contribution in [-0.4, -0.2) is 26.0 Å². The summed E-state index contributed by atoms with van der Waals surface area (Å²) in [5.74, 6) is 3.26. The highest BCUT2D eigenvalue weighted by Crippen LogP contribution is 2.35. The van der Waals surface area contributed by atoms with E-state index in [1.807, 2.05) is 42.5 Å². The van der Waals surface area contributed by atoms with Crippen LogP contribution < -0.4 is 24.3 Å². The lowest BCUT2D eigenvalue weighted by atomic mass is 10.2. The zero-order chi connectivity index (χ0) is 14.8. The molecule has 114 valence electrons. The van der Waals surface area contributed by atoms with E-state index in [9.17, 15) is 0 Å². The molecule has 0 aromatic heterocycles. The predicted molar refractivity (Wildman–Crippen MR) is 80.6 cm³/mol. The lowest BCUT2D eigenvalue weighted by molar-refractivity contribution is 0.0901. The molecule has 4 rings (SSSR count). The summed E-state index contributed by atoms with van der Waals surface area (Å²) >= 11 is 0. The summed E-state index contributed by atoms with van der Waals surface area (Å²) in [5.41, 5.74) is 1.09. The Balaban J connectivity index is 1.34. The van der Waals surface area contributed by atoms with E-state index in [2.05, 4.69) is 5.32 Å². The molecule has 0 spiro atoms. The lowest BCUT2D eigenvalue weighted by Gasteiger charge is -2.26. The molecule has 1 atom stereocenters. The number of ether oxygens (including phenoxy) is 4. The van der Waals surface area contributed by atoms with Crippen molar-refractivity contribution < 1.29 is 18.9 Å². The van der Waals surface area contributed by atoms with Crippen molar-refractivity contribution in [2.75, 3.05) is 19.9 Å². The van der Waals surface area contributed by atoms with Crippen molar-refractivity contribution in [1.29, 1.82) is 0 Å². The van der Waals surface area contributed by atoms with Crippen molar-refractivity contribution in [2.24, 2.45) is 0 Å². The number of nitrogens with one attached hydrogen (secondary N) is 1. The van der Waals surface area contributed by atoms with E-state index in [0.29, 0.717) is 26.5 Å². The highest BCUT2D eigenvalue weighted by Gasteiger charge is 2.21. The Hall–Kier alpha value is -2.40. The van der Waals surface area contributed by atoms with E-state index >= 15 is 0 Å². The first-order valence-corrected chi connectivity index (χ1v) is 7.37. The SMILES string of the molecule is c1ccc2c(c1)OCC(CNCc1cccc3c1OCO3)O2. The third-order valence-corrected chi connectivity index (χ3v) is 3.73. The molecule has 1 N–H and O–H groups in total. The van der Waals surface area contributed by atoms with Crippen molar-refractivity contribution in [3.8, 4) is 23.0 Å². The van der Waals surface area contributed by atoms with Gasteiger partial charge in [-0.3, -0.25) is 0 Å². The zero-order valence-electron chi connectivity index (χ0n) is 12.1. The van der Waals surface area contributed by atoms with Gasteiger partial charge in [-0.15, -0.1) is 0 Å². The quantitative estimate of drug-likeness (QED) is 0.939. The minimum absolute atomic E-state index is 0.00355. The van der Waals surface area contributed by atoms with Crippen LogP contribution in [0.3, 0.4) is 0 Å².